The maximum atomic E-state index is 2.76. The number of allylic oxidation sites excluding steroid dienone is 4. The van der Waals surface area contributed by atoms with Gasteiger partial charge in [0.15, 0.2) is 0 Å². The fourth-order valence-corrected chi connectivity index (χ4v) is 18.8. The summed E-state index contributed by atoms with van der Waals surface area (Å²) in [5.74, 6) is 0. The molecule has 4 rings (SSSR count). The van der Waals surface area contributed by atoms with Crippen molar-refractivity contribution in [3.8, 4) is 0 Å². The molecule has 58 heavy (non-hydrogen) atoms. The third kappa shape index (κ3) is 13.2. The van der Waals surface area contributed by atoms with Crippen LogP contribution in [0.2, 0.25) is 3.34 Å². The zero-order valence-corrected chi connectivity index (χ0v) is 43.3. The molecule has 1 aliphatic rings. The van der Waals surface area contributed by atoms with Crippen LogP contribution in [-0.2, 0) is 46.1 Å². The van der Waals surface area contributed by atoms with Gasteiger partial charge >= 0.3 is 355 Å². The molecule has 0 aliphatic heterocycles. The standard InChI is InChI=1S/C53H79Si.3ClH.Ti/c1-11-15-19-23-27-46-34-47(28-24-20-16-12-2)37-51(36-46)54(50-32-40(5)31-41(6)33-50,53-44(9)42(7)43(8)45(53)10)52-38-48(29-25-21-17-13-3)35-49(39-52)30-26-22-18-14-4;;;;/h31-39H,11-30H2,1-10H3;3*1H;/q;;;;+3/p-3. The van der Waals surface area contributed by atoms with Crippen LogP contribution < -0.4 is 52.8 Å². The fourth-order valence-electron chi connectivity index (χ4n) is 9.87. The smallest absolute Gasteiger partial charge is 1.00 e. The fraction of sp³-hybridized carbons (Fsp3) is 0.585. The van der Waals surface area contributed by atoms with Crippen LogP contribution in [0.15, 0.2) is 76.9 Å². The number of halogens is 3. The number of unbranched alkanes of at least 4 members (excludes halogenated alkanes) is 12. The van der Waals surface area contributed by atoms with Gasteiger partial charge in [0.2, 0.25) is 0 Å². The van der Waals surface area contributed by atoms with Crippen molar-refractivity contribution in [1.82, 2.24) is 0 Å². The minimum Gasteiger partial charge on any atom is -1.00 e. The molecule has 0 radical (unpaired) electrons. The largest absolute Gasteiger partial charge is 1.00 e. The van der Waals surface area contributed by atoms with Gasteiger partial charge in [0.05, 0.1) is 0 Å². The van der Waals surface area contributed by atoms with Gasteiger partial charge in [-0.2, -0.15) is 0 Å². The van der Waals surface area contributed by atoms with Crippen LogP contribution in [-0.4, -0.2) is 8.07 Å². The van der Waals surface area contributed by atoms with Gasteiger partial charge in [-0.15, -0.1) is 0 Å². The second-order valence-corrected chi connectivity index (χ2v) is 23.6. The Labute approximate surface area is 389 Å². The molecule has 0 heterocycles. The number of hydrogen-bond acceptors (Lipinski definition) is 0. The number of aryl methyl sites for hydroxylation is 6. The molecular weight excluding hydrogens is 819 g/mol. The topological polar surface area (TPSA) is 0 Å². The van der Waals surface area contributed by atoms with E-state index in [4.69, 9.17) is 0 Å². The summed E-state index contributed by atoms with van der Waals surface area (Å²) in [5, 5.41) is 4.91. The van der Waals surface area contributed by atoms with Crippen molar-refractivity contribution in [2.45, 2.75) is 201 Å². The van der Waals surface area contributed by atoms with Gasteiger partial charge in [0.25, 0.3) is 0 Å². The molecule has 5 heteroatoms. The summed E-state index contributed by atoms with van der Waals surface area (Å²) in [5.41, 5.74) is 15.4. The molecule has 3 aromatic rings. The van der Waals surface area contributed by atoms with E-state index < -0.39 is 8.07 Å². The van der Waals surface area contributed by atoms with Crippen molar-refractivity contribution in [3.63, 3.8) is 0 Å². The summed E-state index contributed by atoms with van der Waals surface area (Å²) in [6, 6.07) is 24.0. The quantitative estimate of drug-likeness (QED) is 0.0660. The Hall–Kier alpha value is -1.06. The summed E-state index contributed by atoms with van der Waals surface area (Å²) in [7, 11) is -2.85. The minimum absolute atomic E-state index is 0. The van der Waals surface area contributed by atoms with E-state index in [0.717, 1.165) is 0 Å². The third-order valence-corrected chi connectivity index (χ3v) is 21.5. The van der Waals surface area contributed by atoms with E-state index in [9.17, 15) is 0 Å². The van der Waals surface area contributed by atoms with Crippen molar-refractivity contribution in [2.75, 3.05) is 0 Å². The van der Waals surface area contributed by atoms with Crippen LogP contribution in [0, 0.1) is 13.8 Å². The van der Waals surface area contributed by atoms with Gasteiger partial charge in [0, 0.05) is 0 Å². The van der Waals surface area contributed by atoms with Crippen LogP contribution >= 0.6 is 0 Å². The van der Waals surface area contributed by atoms with Gasteiger partial charge in [0.1, 0.15) is 0 Å². The number of hydrogen-bond donors (Lipinski definition) is 0. The Morgan fingerprint density at radius 3 is 0.931 bits per heavy atom. The van der Waals surface area contributed by atoms with Crippen molar-refractivity contribution in [1.29, 1.82) is 0 Å². The Bertz CT molecular complexity index is 1580. The average Bonchev–Trinajstić information content (AvgIpc) is 3.31. The molecule has 0 unspecified atom stereocenters. The van der Waals surface area contributed by atoms with Crippen molar-refractivity contribution in [2.24, 2.45) is 0 Å². The van der Waals surface area contributed by atoms with E-state index in [1.165, 1.54) is 151 Å². The van der Waals surface area contributed by atoms with Crippen molar-refractivity contribution < 1.29 is 57.7 Å². The van der Waals surface area contributed by atoms with E-state index in [2.05, 4.69) is 144 Å². The van der Waals surface area contributed by atoms with E-state index in [1.54, 1.807) is 49.0 Å². The molecule has 0 bridgehead atoms. The van der Waals surface area contributed by atoms with Gasteiger partial charge in [-0.3, -0.25) is 0 Å². The second kappa shape index (κ2) is 27.1. The maximum Gasteiger partial charge on any atom is -1.00 e. The zero-order chi connectivity index (χ0) is 40.0. The van der Waals surface area contributed by atoms with Crippen LogP contribution in [0.25, 0.3) is 0 Å². The molecule has 0 nitrogen and oxygen atoms in total. The summed E-state index contributed by atoms with van der Waals surface area (Å²) < 4.78 is -0.0952. The van der Waals surface area contributed by atoms with E-state index >= 15 is 0 Å². The Balaban J connectivity index is 0.00000561. The Kier molecular flexibility index (Phi) is 25.7. The maximum absolute atomic E-state index is 2.85. The van der Waals surface area contributed by atoms with E-state index in [0.29, 0.717) is 0 Å². The summed E-state index contributed by atoms with van der Waals surface area (Å²) >= 11 is 2.70. The predicted molar refractivity (Wildman–Crippen MR) is 244 cm³/mol. The molecule has 0 N–H and O–H groups in total. The van der Waals surface area contributed by atoms with Crippen LogP contribution in [0.3, 0.4) is 0 Å². The summed E-state index contributed by atoms with van der Waals surface area (Å²) in [6.07, 6.45) is 25.7. The molecule has 0 aromatic heterocycles. The number of rotatable bonds is 24. The first-order valence-corrected chi connectivity index (χ1v) is 25.7. The molecule has 0 amide bonds. The van der Waals surface area contributed by atoms with Gasteiger partial charge in [-0.1, -0.05) is 0 Å². The normalized spacial score (nSPS) is 13.7. The zero-order valence-electron chi connectivity index (χ0n) is 38.5. The van der Waals surface area contributed by atoms with Gasteiger partial charge in [-0.05, 0) is 0 Å². The van der Waals surface area contributed by atoms with Crippen molar-refractivity contribution >= 4 is 23.6 Å². The number of benzene rings is 3. The van der Waals surface area contributed by atoms with Crippen LogP contribution in [0.4, 0.5) is 0 Å². The van der Waals surface area contributed by atoms with Crippen molar-refractivity contribution in [3.05, 3.63) is 110 Å². The molecule has 0 atom stereocenters. The summed E-state index contributed by atoms with van der Waals surface area (Å²) in [4.78, 5) is 0. The molecule has 3 aromatic carbocycles. The monoisotopic (exact) mass is 896 g/mol. The molecule has 0 fully saturated rings. The first-order chi connectivity index (χ1) is 26.5. The second-order valence-electron chi connectivity index (χ2n) is 17.7. The molecule has 0 spiro atoms. The van der Waals surface area contributed by atoms with Gasteiger partial charge in [-0.25, -0.2) is 0 Å². The summed E-state index contributed by atoms with van der Waals surface area (Å²) in [6.45, 7) is 23.9. The predicted octanol–water partition coefficient (Wildman–Crippen LogP) is 5.21. The molecule has 0 saturated heterocycles. The third-order valence-electron chi connectivity index (χ3n) is 13.3. The van der Waals surface area contributed by atoms with Crippen LogP contribution in [0.5, 0.6) is 0 Å². The first kappa shape index (κ1) is 55.0. The molecule has 0 saturated carbocycles. The SMILES string of the molecule is CCCCCCc1cc(CCCCCC)cc([Si](c2cc(C)cc(C)c2)(c2cc(CCCCCC)cc(CCCCCC)c2)[C]2([Ti+3])C(C)=C(C)C(C)=C2C)c1.[Cl-].[Cl-].[Cl-]. The first-order valence-electron chi connectivity index (χ1n) is 22.9. The van der Waals surface area contributed by atoms with Crippen LogP contribution in [0.1, 0.15) is 192 Å². The average molecular weight is 899 g/mol. The van der Waals surface area contributed by atoms with E-state index in [-0.39, 0.29) is 40.6 Å². The van der Waals surface area contributed by atoms with Gasteiger partial charge < -0.3 is 37.2 Å². The Morgan fingerprint density at radius 2 is 0.655 bits per heavy atom. The Morgan fingerprint density at radius 1 is 0.379 bits per heavy atom. The van der Waals surface area contributed by atoms with E-state index in [1.807, 2.05) is 0 Å². The molecule has 320 valence electrons. The molecule has 1 aliphatic carbocycles. The molecular formula is C53H79Cl3SiTi. The minimum atomic E-state index is -2.85.